The molecule has 9 nitrogen and oxygen atoms in total. The van der Waals surface area contributed by atoms with E-state index in [0.29, 0.717) is 50.1 Å². The van der Waals surface area contributed by atoms with Crippen LogP contribution in [0.15, 0.2) is 59.1 Å². The third-order valence-electron chi connectivity index (χ3n) is 7.98. The minimum absolute atomic E-state index is 0. The number of hydrogen-bond donors (Lipinski definition) is 2. The Hall–Kier alpha value is -2.83. The summed E-state index contributed by atoms with van der Waals surface area (Å²) in [6.07, 6.45) is 2.60. The van der Waals surface area contributed by atoms with Crippen LogP contribution in [0, 0.1) is 6.92 Å². The number of nitrogens with zero attached hydrogens (tertiary/aromatic N) is 6. The average molecular weight is 663 g/mol. The molecule has 3 aromatic heterocycles. The molecule has 0 amide bonds. The van der Waals surface area contributed by atoms with Crippen molar-refractivity contribution in [1.29, 1.82) is 0 Å². The van der Waals surface area contributed by atoms with Crippen molar-refractivity contribution in [2.75, 3.05) is 13.1 Å². The molecule has 228 valence electrons. The minimum atomic E-state index is -1.01. The summed E-state index contributed by atoms with van der Waals surface area (Å²) in [5, 5.41) is 16.7. The van der Waals surface area contributed by atoms with Gasteiger partial charge in [-0.2, -0.15) is 5.10 Å². The van der Waals surface area contributed by atoms with E-state index in [1.807, 2.05) is 42.8 Å². The van der Waals surface area contributed by atoms with Crippen molar-refractivity contribution in [2.24, 2.45) is 12.8 Å². The molecule has 0 saturated carbocycles. The third-order valence-corrected chi connectivity index (χ3v) is 9.31. The largest absolute Gasteiger partial charge is 0.388 e. The van der Waals surface area contributed by atoms with Crippen LogP contribution >= 0.6 is 47.8 Å². The molecule has 1 fully saturated rings. The Bertz CT molecular complexity index is 1780. The lowest BCUT2D eigenvalue weighted by molar-refractivity contribution is -0.0364. The quantitative estimate of drug-likeness (QED) is 0.246. The average Bonchev–Trinajstić information content (AvgIpc) is 3.55. The second-order valence-electron chi connectivity index (χ2n) is 10.8. The zero-order valence-electron chi connectivity index (χ0n) is 23.9. The van der Waals surface area contributed by atoms with Crippen molar-refractivity contribution in [1.82, 2.24) is 29.2 Å². The molecule has 0 spiro atoms. The van der Waals surface area contributed by atoms with Gasteiger partial charge in [0.2, 0.25) is 0 Å². The summed E-state index contributed by atoms with van der Waals surface area (Å²) in [4.78, 5) is 25.8. The molecule has 6 rings (SSSR count). The number of aliphatic hydroxyl groups is 1. The van der Waals surface area contributed by atoms with Gasteiger partial charge in [0.1, 0.15) is 5.52 Å². The van der Waals surface area contributed by atoms with Crippen molar-refractivity contribution in [3.63, 3.8) is 0 Å². The van der Waals surface area contributed by atoms with Crippen LogP contribution in [0.2, 0.25) is 5.02 Å². The fraction of sp³-hybridized carbons (Fsp3) is 0.333. The van der Waals surface area contributed by atoms with Crippen molar-refractivity contribution in [3.8, 4) is 21.7 Å². The monoisotopic (exact) mass is 661 g/mol. The highest BCUT2D eigenvalue weighted by Crippen LogP contribution is 2.32. The van der Waals surface area contributed by atoms with Crippen LogP contribution in [0.3, 0.4) is 0 Å². The topological polar surface area (TPSA) is 115 Å². The Morgan fingerprint density at radius 1 is 1.05 bits per heavy atom. The first-order chi connectivity index (χ1) is 19.7. The van der Waals surface area contributed by atoms with Gasteiger partial charge in [-0.15, -0.1) is 36.2 Å². The number of likely N-dealkylation sites (tertiary alicyclic amines) is 1. The molecule has 3 N–H and O–H groups in total. The lowest BCUT2D eigenvalue weighted by Gasteiger charge is -2.38. The van der Waals surface area contributed by atoms with Crippen LogP contribution < -0.4 is 11.3 Å². The highest BCUT2D eigenvalue weighted by atomic mass is 35.5. The van der Waals surface area contributed by atoms with E-state index < -0.39 is 5.60 Å². The number of piperidine rings is 1. The molecule has 4 heterocycles. The van der Waals surface area contributed by atoms with Gasteiger partial charge in [-0.05, 0) is 42.5 Å². The Morgan fingerprint density at radius 3 is 2.37 bits per heavy atom. The molecular weight excluding hydrogens is 629 g/mol. The van der Waals surface area contributed by atoms with E-state index in [4.69, 9.17) is 17.3 Å². The molecule has 0 unspecified atom stereocenters. The van der Waals surface area contributed by atoms with Gasteiger partial charge in [0.25, 0.3) is 5.56 Å². The van der Waals surface area contributed by atoms with Crippen LogP contribution in [-0.4, -0.2) is 53.0 Å². The standard InChI is InChI=1S/C30H32ClN7O2S.2ClH/c1-19-28(41-18-34-19)22-7-8-23(24(31)13-22)15-37-11-9-30(40,10-12-37)16-38-17-33-25-26(29(38)39)35-36(2)27(25)21-5-3-20(14-32)4-6-21;;/h3-8,13,17-18,40H,9-12,14-16,32H2,1-2H3;2*1H. The molecule has 0 bridgehead atoms. The Kier molecular flexibility index (Phi) is 10.3. The molecule has 13 heteroatoms. The predicted molar refractivity (Wildman–Crippen MR) is 177 cm³/mol. The molecule has 1 aliphatic rings. The molecule has 43 heavy (non-hydrogen) atoms. The summed E-state index contributed by atoms with van der Waals surface area (Å²) in [7, 11) is 1.81. The van der Waals surface area contributed by atoms with E-state index in [0.717, 1.165) is 43.5 Å². The van der Waals surface area contributed by atoms with Crippen LogP contribution in [0.4, 0.5) is 0 Å². The van der Waals surface area contributed by atoms with Crippen LogP contribution in [-0.2, 0) is 26.7 Å². The van der Waals surface area contributed by atoms with Gasteiger partial charge in [0, 0.05) is 43.8 Å². The predicted octanol–water partition coefficient (Wildman–Crippen LogP) is 5.21. The fourth-order valence-corrected chi connectivity index (χ4v) is 6.61. The number of benzene rings is 2. The van der Waals surface area contributed by atoms with Gasteiger partial charge in [0.15, 0.2) is 5.52 Å². The van der Waals surface area contributed by atoms with E-state index >= 15 is 0 Å². The van der Waals surface area contributed by atoms with E-state index in [9.17, 15) is 9.90 Å². The fourth-order valence-electron chi connectivity index (χ4n) is 5.57. The Labute approximate surface area is 271 Å². The number of fused-ring (bicyclic) bond motifs is 1. The van der Waals surface area contributed by atoms with Gasteiger partial charge in [-0.25, -0.2) is 9.97 Å². The first-order valence-corrected chi connectivity index (χ1v) is 14.9. The van der Waals surface area contributed by atoms with E-state index in [2.05, 4.69) is 32.1 Å². The molecule has 5 aromatic rings. The van der Waals surface area contributed by atoms with E-state index in [-0.39, 0.29) is 36.9 Å². The summed E-state index contributed by atoms with van der Waals surface area (Å²) in [5.74, 6) is 0. The highest BCUT2D eigenvalue weighted by molar-refractivity contribution is 7.13. The maximum absolute atomic E-state index is 13.4. The Balaban J connectivity index is 0.00000212. The minimum Gasteiger partial charge on any atom is -0.388 e. The van der Waals surface area contributed by atoms with E-state index in [1.54, 1.807) is 23.1 Å². The van der Waals surface area contributed by atoms with Gasteiger partial charge >= 0.3 is 0 Å². The zero-order chi connectivity index (χ0) is 28.7. The van der Waals surface area contributed by atoms with Gasteiger partial charge in [-0.1, -0.05) is 48.0 Å². The van der Waals surface area contributed by atoms with Crippen LogP contribution in [0.5, 0.6) is 0 Å². The molecule has 1 aliphatic heterocycles. The number of aromatic nitrogens is 5. The lowest BCUT2D eigenvalue weighted by atomic mass is 9.91. The normalized spacial score (nSPS) is 14.8. The summed E-state index contributed by atoms with van der Waals surface area (Å²) in [6.45, 7) is 4.72. The molecule has 0 radical (unpaired) electrons. The molecule has 1 saturated heterocycles. The SMILES string of the molecule is Cc1ncsc1-c1ccc(CN2CCC(O)(Cn3cnc4c(-c5ccc(CN)cc5)n(C)nc4c3=O)CC2)c(Cl)c1.Cl.Cl. The highest BCUT2D eigenvalue weighted by Gasteiger charge is 2.33. The van der Waals surface area contributed by atoms with Gasteiger partial charge < -0.3 is 10.8 Å². The number of thiazole rings is 1. The first-order valence-electron chi connectivity index (χ1n) is 13.6. The number of rotatable bonds is 7. The number of nitrogens with two attached hydrogens (primary N) is 1. The molecular formula is C30H34Cl3N7O2S. The van der Waals surface area contributed by atoms with Crippen molar-refractivity contribution < 1.29 is 5.11 Å². The second-order valence-corrected chi connectivity index (χ2v) is 12.1. The maximum atomic E-state index is 13.4. The second kappa shape index (κ2) is 13.4. The number of aryl methyl sites for hydroxylation is 2. The molecule has 0 atom stereocenters. The summed E-state index contributed by atoms with van der Waals surface area (Å²) < 4.78 is 3.17. The van der Waals surface area contributed by atoms with Crippen LogP contribution in [0.1, 0.15) is 29.7 Å². The van der Waals surface area contributed by atoms with Gasteiger partial charge in [0.05, 0.1) is 40.2 Å². The summed E-state index contributed by atoms with van der Waals surface area (Å²) in [6, 6.07) is 14.0. The zero-order valence-corrected chi connectivity index (χ0v) is 27.1. The smallest absolute Gasteiger partial charge is 0.281 e. The molecule has 2 aromatic carbocycles. The first kappa shape index (κ1) is 33.1. The van der Waals surface area contributed by atoms with Crippen molar-refractivity contribution >= 4 is 58.8 Å². The van der Waals surface area contributed by atoms with Crippen molar-refractivity contribution in [3.05, 3.63) is 86.5 Å². The van der Waals surface area contributed by atoms with Crippen molar-refractivity contribution in [2.45, 2.75) is 45.0 Å². The number of halogens is 3. The third kappa shape index (κ3) is 6.66. The Morgan fingerprint density at radius 2 is 1.74 bits per heavy atom. The lowest BCUT2D eigenvalue weighted by Crippen LogP contribution is -2.47. The maximum Gasteiger partial charge on any atom is 0.281 e. The number of hydrogen-bond acceptors (Lipinski definition) is 8. The van der Waals surface area contributed by atoms with Crippen LogP contribution in [0.25, 0.3) is 32.7 Å². The van der Waals surface area contributed by atoms with E-state index in [1.165, 1.54) is 10.9 Å². The summed E-state index contributed by atoms with van der Waals surface area (Å²) >= 11 is 8.27. The van der Waals surface area contributed by atoms with Gasteiger partial charge in [-0.3, -0.25) is 18.9 Å². The summed E-state index contributed by atoms with van der Waals surface area (Å²) in [5.41, 5.74) is 13.0. The molecule has 0 aliphatic carbocycles.